The zero-order valence-electron chi connectivity index (χ0n) is 7.21. The summed E-state index contributed by atoms with van der Waals surface area (Å²) in [7, 11) is 0. The third-order valence-corrected chi connectivity index (χ3v) is 2.54. The molecular formula is C9H14N2S. The second kappa shape index (κ2) is 4.38. The molecule has 0 aromatic heterocycles. The van der Waals surface area contributed by atoms with Gasteiger partial charge in [-0.05, 0) is 36.9 Å². The number of nitrogen functional groups attached to an aromatic ring is 1. The highest BCUT2D eigenvalue weighted by Gasteiger charge is 1.98. The summed E-state index contributed by atoms with van der Waals surface area (Å²) in [5, 5.41) is 0. The first kappa shape index (κ1) is 9.42. The summed E-state index contributed by atoms with van der Waals surface area (Å²) in [6, 6.07) is 6.12. The Hall–Kier alpha value is -0.670. The molecule has 0 unspecified atom stereocenters. The maximum absolute atomic E-state index is 5.80. The average Bonchev–Trinajstić information content (AvgIpc) is 2.05. The lowest BCUT2D eigenvalue weighted by Gasteiger charge is -2.04. The molecule has 0 heterocycles. The summed E-state index contributed by atoms with van der Waals surface area (Å²) in [5.41, 5.74) is 13.3. The molecule has 0 radical (unpaired) electrons. The van der Waals surface area contributed by atoms with Crippen molar-refractivity contribution in [3.8, 4) is 0 Å². The van der Waals surface area contributed by atoms with Crippen LogP contribution < -0.4 is 11.5 Å². The van der Waals surface area contributed by atoms with E-state index in [4.69, 9.17) is 11.5 Å². The molecule has 0 aliphatic rings. The number of rotatable bonds is 3. The van der Waals surface area contributed by atoms with Gasteiger partial charge in [0.05, 0.1) is 0 Å². The fourth-order valence-corrected chi connectivity index (χ4v) is 1.60. The molecule has 2 nitrogen and oxygen atoms in total. The monoisotopic (exact) mass is 182 g/mol. The van der Waals surface area contributed by atoms with Crippen LogP contribution in [0.2, 0.25) is 0 Å². The van der Waals surface area contributed by atoms with Gasteiger partial charge in [0.1, 0.15) is 0 Å². The zero-order valence-corrected chi connectivity index (χ0v) is 8.03. The molecule has 1 rings (SSSR count). The molecule has 3 heteroatoms. The smallest absolute Gasteiger partial charge is 0.0454 e. The van der Waals surface area contributed by atoms with E-state index < -0.39 is 0 Å². The standard InChI is InChI=1S/C9H14N2S/c1-12-9-3-2-7(4-5-10)6-8(9)11/h2-3,6H,4-5,10-11H2,1H3. The third kappa shape index (κ3) is 2.16. The summed E-state index contributed by atoms with van der Waals surface area (Å²) >= 11 is 1.67. The van der Waals surface area contributed by atoms with Crippen molar-refractivity contribution in [2.24, 2.45) is 5.73 Å². The van der Waals surface area contributed by atoms with Crippen LogP contribution in [0.25, 0.3) is 0 Å². The highest BCUT2D eigenvalue weighted by atomic mass is 32.2. The quantitative estimate of drug-likeness (QED) is 0.550. The van der Waals surface area contributed by atoms with Crippen LogP contribution in [-0.2, 0) is 6.42 Å². The largest absolute Gasteiger partial charge is 0.398 e. The first-order chi connectivity index (χ1) is 5.77. The van der Waals surface area contributed by atoms with E-state index in [0.29, 0.717) is 6.54 Å². The number of hydrogen-bond acceptors (Lipinski definition) is 3. The lowest BCUT2D eigenvalue weighted by Crippen LogP contribution is -2.03. The molecule has 4 N–H and O–H groups in total. The first-order valence-electron chi connectivity index (χ1n) is 3.90. The lowest BCUT2D eigenvalue weighted by molar-refractivity contribution is 0.967. The number of nitrogens with two attached hydrogens (primary N) is 2. The molecule has 12 heavy (non-hydrogen) atoms. The van der Waals surface area contributed by atoms with Crippen LogP contribution >= 0.6 is 11.8 Å². The molecule has 0 saturated heterocycles. The molecule has 66 valence electrons. The molecule has 0 saturated carbocycles. The molecular weight excluding hydrogens is 168 g/mol. The third-order valence-electron chi connectivity index (χ3n) is 1.73. The number of hydrogen-bond donors (Lipinski definition) is 2. The topological polar surface area (TPSA) is 52.0 Å². The van der Waals surface area contributed by atoms with E-state index >= 15 is 0 Å². The van der Waals surface area contributed by atoms with E-state index in [1.54, 1.807) is 11.8 Å². The van der Waals surface area contributed by atoms with Gasteiger partial charge in [-0.1, -0.05) is 6.07 Å². The minimum Gasteiger partial charge on any atom is -0.398 e. The van der Waals surface area contributed by atoms with Gasteiger partial charge in [0.25, 0.3) is 0 Å². The predicted octanol–water partition coefficient (Wildman–Crippen LogP) is 1.49. The molecule has 0 fully saturated rings. The van der Waals surface area contributed by atoms with Crippen molar-refractivity contribution in [1.82, 2.24) is 0 Å². The van der Waals surface area contributed by atoms with Gasteiger partial charge in [-0.3, -0.25) is 0 Å². The molecule has 1 aromatic carbocycles. The first-order valence-corrected chi connectivity index (χ1v) is 5.13. The fourth-order valence-electron chi connectivity index (χ4n) is 1.11. The van der Waals surface area contributed by atoms with Crippen LogP contribution in [0.3, 0.4) is 0 Å². The Balaban J connectivity index is 2.86. The Kier molecular flexibility index (Phi) is 3.44. The summed E-state index contributed by atoms with van der Waals surface area (Å²) in [5.74, 6) is 0. The highest BCUT2D eigenvalue weighted by Crippen LogP contribution is 2.23. The Morgan fingerprint density at radius 2 is 2.17 bits per heavy atom. The second-order valence-electron chi connectivity index (χ2n) is 2.61. The van der Waals surface area contributed by atoms with Crippen LogP contribution in [0.1, 0.15) is 5.56 Å². The van der Waals surface area contributed by atoms with Crippen LogP contribution in [0, 0.1) is 0 Å². The van der Waals surface area contributed by atoms with Gasteiger partial charge in [0.2, 0.25) is 0 Å². The van der Waals surface area contributed by atoms with Gasteiger partial charge >= 0.3 is 0 Å². The Labute approximate surface area is 77.3 Å². The Morgan fingerprint density at radius 1 is 1.42 bits per heavy atom. The van der Waals surface area contributed by atoms with Crippen LogP contribution in [0.5, 0.6) is 0 Å². The van der Waals surface area contributed by atoms with Crippen molar-refractivity contribution >= 4 is 17.4 Å². The summed E-state index contributed by atoms with van der Waals surface area (Å²) in [6.45, 7) is 0.679. The van der Waals surface area contributed by atoms with Gasteiger partial charge in [0, 0.05) is 10.6 Å². The highest BCUT2D eigenvalue weighted by molar-refractivity contribution is 7.98. The molecule has 0 spiro atoms. The van der Waals surface area contributed by atoms with Gasteiger partial charge in [-0.2, -0.15) is 0 Å². The summed E-state index contributed by atoms with van der Waals surface area (Å²) in [4.78, 5) is 1.13. The minimum atomic E-state index is 0.679. The van der Waals surface area contributed by atoms with Crippen LogP contribution in [-0.4, -0.2) is 12.8 Å². The van der Waals surface area contributed by atoms with Gasteiger partial charge < -0.3 is 11.5 Å². The SMILES string of the molecule is CSc1ccc(CCN)cc1N. The molecule has 0 atom stereocenters. The van der Waals surface area contributed by atoms with Crippen molar-refractivity contribution in [2.45, 2.75) is 11.3 Å². The van der Waals surface area contributed by atoms with E-state index in [1.165, 1.54) is 5.56 Å². The van der Waals surface area contributed by atoms with Crippen molar-refractivity contribution < 1.29 is 0 Å². The minimum absolute atomic E-state index is 0.679. The zero-order chi connectivity index (χ0) is 8.97. The fraction of sp³-hybridized carbons (Fsp3) is 0.333. The number of benzene rings is 1. The van der Waals surface area contributed by atoms with E-state index in [0.717, 1.165) is 17.0 Å². The Morgan fingerprint density at radius 3 is 2.67 bits per heavy atom. The van der Waals surface area contributed by atoms with Crippen molar-refractivity contribution in [3.63, 3.8) is 0 Å². The molecule has 0 aliphatic heterocycles. The van der Waals surface area contributed by atoms with Crippen molar-refractivity contribution in [2.75, 3.05) is 18.5 Å². The molecule has 0 bridgehead atoms. The lowest BCUT2D eigenvalue weighted by atomic mass is 10.1. The van der Waals surface area contributed by atoms with Crippen LogP contribution in [0.15, 0.2) is 23.1 Å². The second-order valence-corrected chi connectivity index (χ2v) is 3.46. The van der Waals surface area contributed by atoms with E-state index in [1.807, 2.05) is 18.4 Å². The number of thioether (sulfide) groups is 1. The van der Waals surface area contributed by atoms with E-state index in [-0.39, 0.29) is 0 Å². The average molecular weight is 182 g/mol. The van der Waals surface area contributed by atoms with Crippen molar-refractivity contribution in [1.29, 1.82) is 0 Å². The normalized spacial score (nSPS) is 10.2. The van der Waals surface area contributed by atoms with Crippen molar-refractivity contribution in [3.05, 3.63) is 23.8 Å². The summed E-state index contributed by atoms with van der Waals surface area (Å²) in [6.07, 6.45) is 2.92. The molecule has 0 amide bonds. The molecule has 0 aliphatic carbocycles. The Bertz CT molecular complexity index is 261. The van der Waals surface area contributed by atoms with Crippen LogP contribution in [0.4, 0.5) is 5.69 Å². The maximum atomic E-state index is 5.80. The van der Waals surface area contributed by atoms with Gasteiger partial charge in [-0.15, -0.1) is 11.8 Å². The number of anilines is 1. The van der Waals surface area contributed by atoms with E-state index in [2.05, 4.69) is 6.07 Å². The van der Waals surface area contributed by atoms with Gasteiger partial charge in [0.15, 0.2) is 0 Å². The van der Waals surface area contributed by atoms with E-state index in [9.17, 15) is 0 Å². The predicted molar refractivity (Wildman–Crippen MR) is 55.4 cm³/mol. The van der Waals surface area contributed by atoms with Gasteiger partial charge in [-0.25, -0.2) is 0 Å². The molecule has 1 aromatic rings. The maximum Gasteiger partial charge on any atom is 0.0454 e. The summed E-state index contributed by atoms with van der Waals surface area (Å²) < 4.78 is 0.